The number of benzene rings is 2. The summed E-state index contributed by atoms with van der Waals surface area (Å²) in [5.74, 6) is -1.08. The van der Waals surface area contributed by atoms with E-state index in [1.165, 1.54) is 12.1 Å². The molecule has 0 aliphatic heterocycles. The van der Waals surface area contributed by atoms with Crippen molar-refractivity contribution in [2.75, 3.05) is 0 Å². The number of halogens is 3. The van der Waals surface area contributed by atoms with Gasteiger partial charge in [-0.25, -0.2) is 0 Å². The number of hydrogen-bond donors (Lipinski definition) is 1. The predicted molar refractivity (Wildman–Crippen MR) is 91.6 cm³/mol. The Bertz CT molecular complexity index is 799. The Hall–Kier alpha value is -2.83. The fourth-order valence-electron chi connectivity index (χ4n) is 2.56. The van der Waals surface area contributed by atoms with E-state index < -0.39 is 29.7 Å². The van der Waals surface area contributed by atoms with Crippen LogP contribution in [0.5, 0.6) is 0 Å². The fraction of sp³-hybridized carbons (Fsp3) is 0.300. The number of hydrogen-bond acceptors (Lipinski definition) is 3. The first kappa shape index (κ1) is 18.9. The van der Waals surface area contributed by atoms with Crippen molar-refractivity contribution in [2.24, 2.45) is 0 Å². The lowest BCUT2D eigenvalue weighted by molar-refractivity contribution is -0.156. The minimum Gasteiger partial charge on any atom is -0.447 e. The number of nitrogens with one attached hydrogen (secondary N) is 1. The van der Waals surface area contributed by atoms with E-state index in [-0.39, 0.29) is 12.5 Å². The molecule has 142 valence electrons. The molecule has 1 unspecified atom stereocenters. The molecule has 1 aliphatic rings. The van der Waals surface area contributed by atoms with Gasteiger partial charge in [-0.1, -0.05) is 42.5 Å². The molecule has 4 nitrogen and oxygen atoms in total. The van der Waals surface area contributed by atoms with E-state index >= 15 is 0 Å². The monoisotopic (exact) mass is 377 g/mol. The first-order chi connectivity index (χ1) is 12.8. The highest BCUT2D eigenvalue weighted by atomic mass is 19.4. The maximum absolute atomic E-state index is 12.6. The number of rotatable bonds is 6. The zero-order valence-electron chi connectivity index (χ0n) is 14.3. The molecular formula is C20H18F3NO3. The molecule has 3 rings (SSSR count). The molecule has 1 fully saturated rings. The minimum absolute atomic E-state index is 0.109. The van der Waals surface area contributed by atoms with Crippen molar-refractivity contribution in [1.82, 2.24) is 5.32 Å². The van der Waals surface area contributed by atoms with Gasteiger partial charge in [0.15, 0.2) is 0 Å². The molecule has 0 spiro atoms. The Kier molecular flexibility index (Phi) is 5.48. The van der Waals surface area contributed by atoms with Gasteiger partial charge < -0.3 is 10.1 Å². The number of ether oxygens (including phenoxy) is 1. The minimum atomic E-state index is -4.43. The maximum Gasteiger partial charge on any atom is 0.416 e. The van der Waals surface area contributed by atoms with Crippen LogP contribution in [-0.4, -0.2) is 17.9 Å². The number of carbonyl (C=O) groups is 2. The van der Waals surface area contributed by atoms with Crippen molar-refractivity contribution < 1.29 is 27.5 Å². The van der Waals surface area contributed by atoms with Crippen LogP contribution in [0.15, 0.2) is 54.6 Å². The summed E-state index contributed by atoms with van der Waals surface area (Å²) in [6, 6.07) is 13.0. The first-order valence-corrected chi connectivity index (χ1v) is 8.54. The van der Waals surface area contributed by atoms with E-state index in [2.05, 4.69) is 5.32 Å². The van der Waals surface area contributed by atoms with E-state index in [4.69, 9.17) is 4.74 Å². The molecule has 0 saturated heterocycles. The molecule has 1 atom stereocenters. The maximum atomic E-state index is 12.6. The van der Waals surface area contributed by atoms with Crippen molar-refractivity contribution in [1.29, 1.82) is 0 Å². The molecule has 7 heteroatoms. The molecule has 1 saturated carbocycles. The van der Waals surface area contributed by atoms with Crippen LogP contribution in [0.3, 0.4) is 0 Å². The Morgan fingerprint density at radius 2 is 1.67 bits per heavy atom. The topological polar surface area (TPSA) is 55.4 Å². The van der Waals surface area contributed by atoms with Gasteiger partial charge in [0.05, 0.1) is 12.0 Å². The Balaban J connectivity index is 1.67. The van der Waals surface area contributed by atoms with Crippen molar-refractivity contribution in [3.8, 4) is 0 Å². The van der Waals surface area contributed by atoms with E-state index in [1.54, 1.807) is 30.3 Å². The van der Waals surface area contributed by atoms with Crippen molar-refractivity contribution in [3.63, 3.8) is 0 Å². The summed E-state index contributed by atoms with van der Waals surface area (Å²) in [5, 5.41) is 2.80. The molecule has 0 bridgehead atoms. The summed E-state index contributed by atoms with van der Waals surface area (Å²) < 4.78 is 43.2. The number of alkyl halides is 3. The van der Waals surface area contributed by atoms with Gasteiger partial charge in [0.25, 0.3) is 5.91 Å². The highest BCUT2D eigenvalue weighted by Gasteiger charge is 2.31. The van der Waals surface area contributed by atoms with Crippen LogP contribution in [-0.2, 0) is 26.9 Å². The summed E-state index contributed by atoms with van der Waals surface area (Å²) in [6.07, 6.45) is -3.95. The molecule has 27 heavy (non-hydrogen) atoms. The van der Waals surface area contributed by atoms with Crippen molar-refractivity contribution >= 4 is 11.9 Å². The van der Waals surface area contributed by atoms with Gasteiger partial charge in [-0.3, -0.25) is 9.59 Å². The number of amides is 1. The lowest BCUT2D eigenvalue weighted by atomic mass is 10.1. The standard InChI is InChI=1S/C20H18F3NO3/c21-20(22,23)15-8-6-13(7-9-15)12-17(25)27-18(14-4-2-1-3-5-14)19(26)24-16-10-11-16/h1-9,16,18H,10-12H2,(H,24,26). The first-order valence-electron chi connectivity index (χ1n) is 8.54. The second-order valence-corrected chi connectivity index (χ2v) is 6.43. The molecule has 1 amide bonds. The van der Waals surface area contributed by atoms with E-state index in [1.807, 2.05) is 0 Å². The molecule has 0 radical (unpaired) electrons. The summed E-state index contributed by atoms with van der Waals surface area (Å²) in [6.45, 7) is 0. The van der Waals surface area contributed by atoms with Gasteiger partial charge in [-0.2, -0.15) is 13.2 Å². The highest BCUT2D eigenvalue weighted by molar-refractivity contribution is 5.85. The van der Waals surface area contributed by atoms with Crippen LogP contribution < -0.4 is 5.32 Å². The van der Waals surface area contributed by atoms with Crippen LogP contribution in [0, 0.1) is 0 Å². The number of esters is 1. The van der Waals surface area contributed by atoms with Gasteiger partial charge >= 0.3 is 12.1 Å². The van der Waals surface area contributed by atoms with Crippen LogP contribution in [0.4, 0.5) is 13.2 Å². The zero-order valence-corrected chi connectivity index (χ0v) is 14.3. The van der Waals surface area contributed by atoms with Gasteiger partial charge in [-0.15, -0.1) is 0 Å². The quantitative estimate of drug-likeness (QED) is 0.779. The van der Waals surface area contributed by atoms with Crippen LogP contribution in [0.25, 0.3) is 0 Å². The Morgan fingerprint density at radius 3 is 2.22 bits per heavy atom. The number of carbonyl (C=O) groups excluding carboxylic acids is 2. The van der Waals surface area contributed by atoms with Gasteiger partial charge in [-0.05, 0) is 30.5 Å². The fourth-order valence-corrected chi connectivity index (χ4v) is 2.56. The Morgan fingerprint density at radius 1 is 1.04 bits per heavy atom. The second kappa shape index (κ2) is 7.82. The summed E-state index contributed by atoms with van der Waals surface area (Å²) >= 11 is 0. The van der Waals surface area contributed by atoms with Crippen LogP contribution in [0.2, 0.25) is 0 Å². The Labute approximate surface area is 154 Å². The molecular weight excluding hydrogens is 359 g/mol. The molecule has 0 aromatic heterocycles. The van der Waals surface area contributed by atoms with Gasteiger partial charge in [0, 0.05) is 11.6 Å². The van der Waals surface area contributed by atoms with Crippen LogP contribution >= 0.6 is 0 Å². The SMILES string of the molecule is O=C(Cc1ccc(C(F)(F)F)cc1)OC(C(=O)NC1CC1)c1ccccc1. The molecule has 2 aromatic carbocycles. The van der Waals surface area contributed by atoms with Crippen molar-refractivity contribution in [3.05, 3.63) is 71.3 Å². The van der Waals surface area contributed by atoms with E-state index in [0.717, 1.165) is 25.0 Å². The average molecular weight is 377 g/mol. The highest BCUT2D eigenvalue weighted by Crippen LogP contribution is 2.29. The average Bonchev–Trinajstić information content (AvgIpc) is 3.44. The lowest BCUT2D eigenvalue weighted by Crippen LogP contribution is -2.33. The van der Waals surface area contributed by atoms with Gasteiger partial charge in [0.1, 0.15) is 0 Å². The third kappa shape index (κ3) is 5.32. The summed E-state index contributed by atoms with van der Waals surface area (Å²) in [4.78, 5) is 24.7. The third-order valence-corrected chi connectivity index (χ3v) is 4.14. The molecule has 1 N–H and O–H groups in total. The summed E-state index contributed by atoms with van der Waals surface area (Å²) in [5.41, 5.74) is 0.129. The predicted octanol–water partition coefficient (Wildman–Crippen LogP) is 3.81. The van der Waals surface area contributed by atoms with E-state index in [9.17, 15) is 22.8 Å². The zero-order chi connectivity index (χ0) is 19.4. The third-order valence-electron chi connectivity index (χ3n) is 4.14. The molecule has 2 aromatic rings. The summed E-state index contributed by atoms with van der Waals surface area (Å²) in [7, 11) is 0. The van der Waals surface area contributed by atoms with Crippen LogP contribution in [0.1, 0.15) is 35.6 Å². The van der Waals surface area contributed by atoms with Gasteiger partial charge in [0.2, 0.25) is 6.10 Å². The largest absolute Gasteiger partial charge is 0.447 e. The lowest BCUT2D eigenvalue weighted by Gasteiger charge is -2.18. The normalized spacial score (nSPS) is 15.1. The molecule has 0 heterocycles. The second-order valence-electron chi connectivity index (χ2n) is 6.43. The van der Waals surface area contributed by atoms with E-state index in [0.29, 0.717) is 11.1 Å². The smallest absolute Gasteiger partial charge is 0.416 e. The van der Waals surface area contributed by atoms with Crippen molar-refractivity contribution in [2.45, 2.75) is 37.6 Å². The molecule has 1 aliphatic carbocycles.